The van der Waals surface area contributed by atoms with Crippen LogP contribution in [0.15, 0.2) is 45.3 Å². The Morgan fingerprint density at radius 2 is 1.68 bits per heavy atom. The molecular formula is C17H16Br2O3. The fourth-order valence-corrected chi connectivity index (χ4v) is 2.91. The van der Waals surface area contributed by atoms with Crippen molar-refractivity contribution in [1.29, 1.82) is 0 Å². The third-order valence-electron chi connectivity index (χ3n) is 3.07. The molecule has 0 amide bonds. The van der Waals surface area contributed by atoms with E-state index >= 15 is 0 Å². The maximum Gasteiger partial charge on any atom is 0.343 e. The molecule has 0 saturated heterocycles. The monoisotopic (exact) mass is 426 g/mol. The minimum absolute atomic E-state index is 0.409. The van der Waals surface area contributed by atoms with Gasteiger partial charge in [0.05, 0.1) is 21.1 Å². The maximum atomic E-state index is 12.2. The van der Waals surface area contributed by atoms with Gasteiger partial charge in [0, 0.05) is 0 Å². The molecule has 0 saturated carbocycles. The summed E-state index contributed by atoms with van der Waals surface area (Å²) in [5.74, 6) is 0.799. The van der Waals surface area contributed by atoms with Crippen LogP contribution in [0.3, 0.4) is 0 Å². The number of halogens is 2. The highest BCUT2D eigenvalue weighted by atomic mass is 79.9. The molecule has 116 valence electrons. The predicted molar refractivity (Wildman–Crippen MR) is 93.8 cm³/mol. The van der Waals surface area contributed by atoms with Crippen LogP contribution in [0, 0.1) is 0 Å². The van der Waals surface area contributed by atoms with Crippen LogP contribution < -0.4 is 9.47 Å². The van der Waals surface area contributed by atoms with Crippen molar-refractivity contribution >= 4 is 37.8 Å². The SMILES string of the molecule is CCOc1ccc(C(=O)Oc2ccc(CC)cc2Br)cc1Br. The lowest BCUT2D eigenvalue weighted by molar-refractivity contribution is 0.0733. The molecular weight excluding hydrogens is 412 g/mol. The van der Waals surface area contributed by atoms with Gasteiger partial charge in [-0.2, -0.15) is 0 Å². The van der Waals surface area contributed by atoms with Gasteiger partial charge in [-0.05, 0) is 81.1 Å². The molecule has 2 aromatic rings. The summed E-state index contributed by atoms with van der Waals surface area (Å²) in [5.41, 5.74) is 1.64. The quantitative estimate of drug-likeness (QED) is 0.473. The van der Waals surface area contributed by atoms with E-state index in [1.165, 1.54) is 5.56 Å². The van der Waals surface area contributed by atoms with Gasteiger partial charge in [0.1, 0.15) is 11.5 Å². The van der Waals surface area contributed by atoms with Crippen LogP contribution in [0.4, 0.5) is 0 Å². The van der Waals surface area contributed by atoms with Gasteiger partial charge in [-0.3, -0.25) is 0 Å². The van der Waals surface area contributed by atoms with E-state index in [9.17, 15) is 4.79 Å². The minimum atomic E-state index is -0.409. The van der Waals surface area contributed by atoms with Gasteiger partial charge in [0.15, 0.2) is 0 Å². The van der Waals surface area contributed by atoms with Crippen molar-refractivity contribution in [2.24, 2.45) is 0 Å². The summed E-state index contributed by atoms with van der Waals surface area (Å²) in [7, 11) is 0. The molecule has 0 aliphatic rings. The molecule has 0 unspecified atom stereocenters. The number of carbonyl (C=O) groups is 1. The lowest BCUT2D eigenvalue weighted by Gasteiger charge is -2.10. The lowest BCUT2D eigenvalue weighted by atomic mass is 10.2. The average Bonchev–Trinajstić information content (AvgIpc) is 2.51. The van der Waals surface area contributed by atoms with Gasteiger partial charge < -0.3 is 9.47 Å². The van der Waals surface area contributed by atoms with Crippen LogP contribution in [-0.4, -0.2) is 12.6 Å². The van der Waals surface area contributed by atoms with E-state index in [0.717, 1.165) is 15.4 Å². The number of hydrogen-bond acceptors (Lipinski definition) is 3. The van der Waals surface area contributed by atoms with Gasteiger partial charge in [-0.25, -0.2) is 4.79 Å². The number of benzene rings is 2. The summed E-state index contributed by atoms with van der Waals surface area (Å²) in [6, 6.07) is 10.8. The molecule has 2 aromatic carbocycles. The highest BCUT2D eigenvalue weighted by molar-refractivity contribution is 9.10. The predicted octanol–water partition coefficient (Wildman–Crippen LogP) is 5.39. The molecule has 0 radical (unpaired) electrons. The summed E-state index contributed by atoms with van der Waals surface area (Å²) >= 11 is 6.82. The molecule has 2 rings (SSSR count). The molecule has 0 heterocycles. The zero-order valence-corrected chi connectivity index (χ0v) is 15.5. The largest absolute Gasteiger partial charge is 0.493 e. The first kappa shape index (κ1) is 17.0. The first-order chi connectivity index (χ1) is 10.5. The zero-order valence-electron chi connectivity index (χ0n) is 12.4. The van der Waals surface area contributed by atoms with Crippen LogP contribution in [-0.2, 0) is 6.42 Å². The molecule has 5 heteroatoms. The van der Waals surface area contributed by atoms with E-state index in [4.69, 9.17) is 9.47 Å². The Labute approximate surface area is 146 Å². The molecule has 22 heavy (non-hydrogen) atoms. The molecule has 0 spiro atoms. The standard InChI is InChI=1S/C17H16Br2O3/c1-3-11-5-7-16(13(18)9-11)22-17(20)12-6-8-15(21-4-2)14(19)10-12/h5-10H,3-4H2,1-2H3. The average molecular weight is 428 g/mol. The number of hydrogen-bond donors (Lipinski definition) is 0. The van der Waals surface area contributed by atoms with E-state index in [1.54, 1.807) is 24.3 Å². The lowest BCUT2D eigenvalue weighted by Crippen LogP contribution is -2.09. The molecule has 0 fully saturated rings. The minimum Gasteiger partial charge on any atom is -0.493 e. The molecule has 0 bridgehead atoms. The van der Waals surface area contributed by atoms with Gasteiger partial charge in [0.25, 0.3) is 0 Å². The first-order valence-corrected chi connectivity index (χ1v) is 8.56. The van der Waals surface area contributed by atoms with Crippen LogP contribution in [0.1, 0.15) is 29.8 Å². The van der Waals surface area contributed by atoms with Gasteiger partial charge in [-0.15, -0.1) is 0 Å². The summed E-state index contributed by atoms with van der Waals surface area (Å²) in [6.45, 7) is 4.55. The van der Waals surface area contributed by atoms with Gasteiger partial charge in [-0.1, -0.05) is 13.0 Å². The van der Waals surface area contributed by atoms with Crippen molar-refractivity contribution < 1.29 is 14.3 Å². The number of rotatable bonds is 5. The summed E-state index contributed by atoms with van der Waals surface area (Å²) in [5, 5.41) is 0. The van der Waals surface area contributed by atoms with Gasteiger partial charge >= 0.3 is 5.97 Å². The molecule has 3 nitrogen and oxygen atoms in total. The highest BCUT2D eigenvalue weighted by Gasteiger charge is 2.13. The molecule has 0 aliphatic heterocycles. The van der Waals surface area contributed by atoms with Crippen LogP contribution in [0.5, 0.6) is 11.5 Å². The Kier molecular flexibility index (Phi) is 6.03. The number of carbonyl (C=O) groups excluding carboxylic acids is 1. The third kappa shape index (κ3) is 4.11. The number of esters is 1. The normalized spacial score (nSPS) is 10.4. The first-order valence-electron chi connectivity index (χ1n) is 6.98. The Bertz CT molecular complexity index is 684. The Hall–Kier alpha value is -1.33. The fraction of sp³-hybridized carbons (Fsp3) is 0.235. The van der Waals surface area contributed by atoms with Crippen molar-refractivity contribution in [3.05, 3.63) is 56.5 Å². The molecule has 0 aromatic heterocycles. The van der Waals surface area contributed by atoms with Crippen LogP contribution in [0.2, 0.25) is 0 Å². The Morgan fingerprint density at radius 1 is 1.00 bits per heavy atom. The van der Waals surface area contributed by atoms with Crippen molar-refractivity contribution in [3.63, 3.8) is 0 Å². The van der Waals surface area contributed by atoms with E-state index in [1.807, 2.05) is 19.1 Å². The number of aryl methyl sites for hydroxylation is 1. The summed E-state index contributed by atoms with van der Waals surface area (Å²) in [4.78, 5) is 12.2. The smallest absolute Gasteiger partial charge is 0.343 e. The maximum absolute atomic E-state index is 12.2. The molecule has 0 atom stereocenters. The van der Waals surface area contributed by atoms with Gasteiger partial charge in [0.2, 0.25) is 0 Å². The number of ether oxygens (including phenoxy) is 2. The second-order valence-electron chi connectivity index (χ2n) is 4.59. The van der Waals surface area contributed by atoms with Crippen molar-refractivity contribution in [3.8, 4) is 11.5 Å². The highest BCUT2D eigenvalue weighted by Crippen LogP contribution is 2.29. The Morgan fingerprint density at radius 3 is 2.27 bits per heavy atom. The zero-order chi connectivity index (χ0) is 16.1. The van der Waals surface area contributed by atoms with Crippen molar-refractivity contribution in [2.75, 3.05) is 6.61 Å². The van der Waals surface area contributed by atoms with Crippen LogP contribution in [0.25, 0.3) is 0 Å². The van der Waals surface area contributed by atoms with E-state index in [0.29, 0.717) is 23.7 Å². The van der Waals surface area contributed by atoms with Crippen LogP contribution >= 0.6 is 31.9 Å². The van der Waals surface area contributed by atoms with Crippen molar-refractivity contribution in [1.82, 2.24) is 0 Å². The second-order valence-corrected chi connectivity index (χ2v) is 6.29. The molecule has 0 N–H and O–H groups in total. The van der Waals surface area contributed by atoms with E-state index in [-0.39, 0.29) is 0 Å². The Balaban J connectivity index is 2.17. The topological polar surface area (TPSA) is 35.5 Å². The molecule has 0 aliphatic carbocycles. The third-order valence-corrected chi connectivity index (χ3v) is 4.31. The fourth-order valence-electron chi connectivity index (χ4n) is 1.91. The summed E-state index contributed by atoms with van der Waals surface area (Å²) < 4.78 is 12.4. The van der Waals surface area contributed by atoms with E-state index in [2.05, 4.69) is 38.8 Å². The van der Waals surface area contributed by atoms with E-state index < -0.39 is 5.97 Å². The summed E-state index contributed by atoms with van der Waals surface area (Å²) in [6.07, 6.45) is 0.929. The second kappa shape index (κ2) is 7.79. The van der Waals surface area contributed by atoms with Crippen molar-refractivity contribution in [2.45, 2.75) is 20.3 Å².